The molecular weight excluding hydrogens is 304 g/mol. The Labute approximate surface area is 133 Å². The van der Waals surface area contributed by atoms with E-state index in [-0.39, 0.29) is 11.9 Å². The van der Waals surface area contributed by atoms with E-state index in [4.69, 9.17) is 25.8 Å². The first kappa shape index (κ1) is 14.9. The van der Waals surface area contributed by atoms with Gasteiger partial charge in [0.25, 0.3) is 0 Å². The highest BCUT2D eigenvalue weighted by atomic mass is 35.5. The van der Waals surface area contributed by atoms with Crippen LogP contribution in [0.15, 0.2) is 42.5 Å². The smallest absolute Gasteiger partial charge is 0.194 e. The Morgan fingerprint density at radius 1 is 1.09 bits per heavy atom. The zero-order valence-corrected chi connectivity index (χ0v) is 13.0. The fourth-order valence-electron chi connectivity index (χ4n) is 2.40. The molecule has 2 aromatic carbocycles. The molecule has 1 heterocycles. The minimum Gasteiger partial charge on any atom is -0.493 e. The lowest BCUT2D eigenvalue weighted by molar-refractivity contribution is 0.0953. The molecule has 2 aromatic rings. The third-order valence-electron chi connectivity index (χ3n) is 3.60. The van der Waals surface area contributed by atoms with Crippen molar-refractivity contribution in [1.82, 2.24) is 0 Å². The molecule has 114 valence electrons. The van der Waals surface area contributed by atoms with Crippen LogP contribution in [0.2, 0.25) is 5.02 Å². The second-order valence-electron chi connectivity index (χ2n) is 4.97. The van der Waals surface area contributed by atoms with Crippen molar-refractivity contribution >= 4 is 17.4 Å². The van der Waals surface area contributed by atoms with E-state index < -0.39 is 6.10 Å². The van der Waals surface area contributed by atoms with Gasteiger partial charge in [-0.25, -0.2) is 0 Å². The molecule has 4 nitrogen and oxygen atoms in total. The van der Waals surface area contributed by atoms with E-state index >= 15 is 0 Å². The summed E-state index contributed by atoms with van der Waals surface area (Å²) < 4.78 is 16.0. The van der Waals surface area contributed by atoms with Crippen LogP contribution >= 0.6 is 11.6 Å². The highest BCUT2D eigenvalue weighted by molar-refractivity contribution is 6.31. The molecular formula is C17H15ClO4. The highest BCUT2D eigenvalue weighted by Crippen LogP contribution is 2.43. The van der Waals surface area contributed by atoms with Gasteiger partial charge in [-0.05, 0) is 29.8 Å². The van der Waals surface area contributed by atoms with Crippen molar-refractivity contribution in [1.29, 1.82) is 0 Å². The molecule has 0 radical (unpaired) electrons. The Hall–Kier alpha value is -2.04. The summed E-state index contributed by atoms with van der Waals surface area (Å²) in [6, 6.07) is 12.4. The molecule has 0 saturated carbocycles. The molecule has 0 amide bonds. The van der Waals surface area contributed by atoms with Crippen molar-refractivity contribution in [3.63, 3.8) is 0 Å². The minimum absolute atomic E-state index is 0.0673. The maximum atomic E-state index is 12.4. The van der Waals surface area contributed by atoms with Gasteiger partial charge in [-0.2, -0.15) is 0 Å². The Bertz CT molecular complexity index is 714. The fraction of sp³-hybridized carbons (Fsp3) is 0.235. The van der Waals surface area contributed by atoms with Gasteiger partial charge in [0.05, 0.1) is 14.2 Å². The number of hydrogen-bond donors (Lipinski definition) is 0. The maximum Gasteiger partial charge on any atom is 0.194 e. The van der Waals surface area contributed by atoms with Gasteiger partial charge in [-0.1, -0.05) is 29.8 Å². The molecule has 2 unspecified atom stereocenters. The van der Waals surface area contributed by atoms with Crippen LogP contribution in [0.1, 0.15) is 22.0 Å². The quantitative estimate of drug-likeness (QED) is 0.623. The first-order valence-corrected chi connectivity index (χ1v) is 7.19. The van der Waals surface area contributed by atoms with Crippen LogP contribution in [0.25, 0.3) is 0 Å². The van der Waals surface area contributed by atoms with Crippen molar-refractivity contribution < 1.29 is 19.0 Å². The van der Waals surface area contributed by atoms with E-state index in [1.54, 1.807) is 44.6 Å². The summed E-state index contributed by atoms with van der Waals surface area (Å²) in [4.78, 5) is 12.4. The van der Waals surface area contributed by atoms with Crippen LogP contribution in [0.5, 0.6) is 11.5 Å². The Morgan fingerprint density at radius 2 is 1.86 bits per heavy atom. The molecule has 2 atom stereocenters. The maximum absolute atomic E-state index is 12.4. The summed E-state index contributed by atoms with van der Waals surface area (Å²) in [5, 5.41) is 0.536. The summed E-state index contributed by atoms with van der Waals surface area (Å²) >= 11 is 5.92. The van der Waals surface area contributed by atoms with Gasteiger partial charge >= 0.3 is 0 Å². The Kier molecular flexibility index (Phi) is 4.05. The molecule has 0 aromatic heterocycles. The summed E-state index contributed by atoms with van der Waals surface area (Å²) in [5.41, 5.74) is 1.44. The third-order valence-corrected chi connectivity index (χ3v) is 3.83. The second-order valence-corrected chi connectivity index (χ2v) is 5.40. The molecule has 0 N–H and O–H groups in total. The Morgan fingerprint density at radius 3 is 2.55 bits per heavy atom. The van der Waals surface area contributed by atoms with E-state index in [0.29, 0.717) is 22.1 Å². The predicted octanol–water partition coefficient (Wildman–Crippen LogP) is 3.68. The molecule has 0 aliphatic carbocycles. The van der Waals surface area contributed by atoms with E-state index in [1.165, 1.54) is 0 Å². The molecule has 1 aliphatic rings. The molecule has 1 aliphatic heterocycles. The SMILES string of the molecule is COc1ccc(C2OC2C(=O)c2cccc(Cl)c2)cc1OC. The first-order valence-electron chi connectivity index (χ1n) is 6.81. The monoisotopic (exact) mass is 318 g/mol. The van der Waals surface area contributed by atoms with Crippen LogP contribution in [-0.2, 0) is 4.74 Å². The van der Waals surface area contributed by atoms with Crippen LogP contribution < -0.4 is 9.47 Å². The van der Waals surface area contributed by atoms with Crippen molar-refractivity contribution in [2.45, 2.75) is 12.2 Å². The van der Waals surface area contributed by atoms with Gasteiger partial charge in [0.1, 0.15) is 6.10 Å². The van der Waals surface area contributed by atoms with Gasteiger partial charge < -0.3 is 14.2 Å². The normalized spacial score (nSPS) is 19.6. The summed E-state index contributed by atoms with van der Waals surface area (Å²) in [6.45, 7) is 0. The van der Waals surface area contributed by atoms with Crippen LogP contribution in [0.3, 0.4) is 0 Å². The van der Waals surface area contributed by atoms with Gasteiger partial charge in [0, 0.05) is 10.6 Å². The van der Waals surface area contributed by atoms with Crippen molar-refractivity contribution in [3.8, 4) is 11.5 Å². The summed E-state index contributed by atoms with van der Waals surface area (Å²) in [6.07, 6.45) is -0.733. The van der Waals surface area contributed by atoms with Crippen LogP contribution in [0, 0.1) is 0 Å². The summed E-state index contributed by atoms with van der Waals surface area (Å²) in [7, 11) is 3.15. The number of halogens is 1. The van der Waals surface area contributed by atoms with Gasteiger partial charge in [0.2, 0.25) is 0 Å². The molecule has 1 fully saturated rings. The van der Waals surface area contributed by atoms with Gasteiger partial charge in [-0.3, -0.25) is 4.79 Å². The second kappa shape index (κ2) is 5.99. The van der Waals surface area contributed by atoms with E-state index in [2.05, 4.69) is 0 Å². The zero-order chi connectivity index (χ0) is 15.7. The van der Waals surface area contributed by atoms with E-state index in [9.17, 15) is 4.79 Å². The summed E-state index contributed by atoms with van der Waals surface area (Å²) in [5.74, 6) is 1.19. The number of ketones is 1. The van der Waals surface area contributed by atoms with Gasteiger partial charge in [-0.15, -0.1) is 0 Å². The van der Waals surface area contributed by atoms with Crippen LogP contribution in [0.4, 0.5) is 0 Å². The molecule has 5 heteroatoms. The molecule has 3 rings (SSSR count). The highest BCUT2D eigenvalue weighted by Gasteiger charge is 2.46. The number of epoxide rings is 1. The lowest BCUT2D eigenvalue weighted by Crippen LogP contribution is -2.08. The molecule has 1 saturated heterocycles. The number of Topliss-reactive ketones (excluding diaryl/α,β-unsaturated/α-hetero) is 1. The number of ether oxygens (including phenoxy) is 3. The number of hydrogen-bond acceptors (Lipinski definition) is 4. The van der Waals surface area contributed by atoms with Crippen molar-refractivity contribution in [2.75, 3.05) is 14.2 Å². The average Bonchev–Trinajstić information content (AvgIpc) is 3.34. The number of carbonyl (C=O) groups excluding carboxylic acids is 1. The lowest BCUT2D eigenvalue weighted by Gasteiger charge is -2.08. The number of methoxy groups -OCH3 is 2. The molecule has 0 bridgehead atoms. The Balaban J connectivity index is 1.78. The largest absolute Gasteiger partial charge is 0.493 e. The lowest BCUT2D eigenvalue weighted by atomic mass is 10.0. The number of carbonyl (C=O) groups is 1. The van der Waals surface area contributed by atoms with E-state index in [1.807, 2.05) is 12.1 Å². The van der Waals surface area contributed by atoms with E-state index in [0.717, 1.165) is 5.56 Å². The molecule has 22 heavy (non-hydrogen) atoms. The zero-order valence-electron chi connectivity index (χ0n) is 12.2. The minimum atomic E-state index is -0.475. The van der Waals surface area contributed by atoms with Crippen LogP contribution in [-0.4, -0.2) is 26.1 Å². The average molecular weight is 319 g/mol. The predicted molar refractivity (Wildman–Crippen MR) is 82.9 cm³/mol. The fourth-order valence-corrected chi connectivity index (χ4v) is 2.59. The standard InChI is InChI=1S/C17H15ClO4/c1-20-13-7-6-11(9-14(13)21-2)16-17(22-16)15(19)10-4-3-5-12(18)8-10/h3-9,16-17H,1-2H3. The van der Waals surface area contributed by atoms with Crippen molar-refractivity contribution in [2.24, 2.45) is 0 Å². The number of benzene rings is 2. The van der Waals surface area contributed by atoms with Gasteiger partial charge in [0.15, 0.2) is 23.4 Å². The topological polar surface area (TPSA) is 48.1 Å². The van der Waals surface area contributed by atoms with Crippen molar-refractivity contribution in [3.05, 3.63) is 58.6 Å². The third kappa shape index (κ3) is 2.80. The number of rotatable bonds is 5. The first-order chi connectivity index (χ1) is 10.6. The molecule has 0 spiro atoms.